The van der Waals surface area contributed by atoms with Gasteiger partial charge in [0, 0.05) is 12.8 Å². The van der Waals surface area contributed by atoms with Crippen molar-refractivity contribution in [3.05, 3.63) is 34.9 Å². The first kappa shape index (κ1) is 27.8. The fourth-order valence-electron chi connectivity index (χ4n) is 4.33. The summed E-state index contributed by atoms with van der Waals surface area (Å²) in [6, 6.07) is 3.54. The van der Waals surface area contributed by atoms with Crippen molar-refractivity contribution >= 4 is 35.6 Å². The van der Waals surface area contributed by atoms with Crippen molar-refractivity contribution in [1.29, 1.82) is 0 Å². The second-order valence-electron chi connectivity index (χ2n) is 10.2. The molecule has 2 N–H and O–H groups in total. The molecule has 1 atom stereocenters. The second kappa shape index (κ2) is 11.5. The van der Waals surface area contributed by atoms with Crippen molar-refractivity contribution in [3.8, 4) is 0 Å². The van der Waals surface area contributed by atoms with E-state index in [4.69, 9.17) is 4.74 Å². The maximum absolute atomic E-state index is 13.4. The van der Waals surface area contributed by atoms with E-state index in [1.54, 1.807) is 32.9 Å². The summed E-state index contributed by atoms with van der Waals surface area (Å²) in [4.78, 5) is 76.8. The summed E-state index contributed by atoms with van der Waals surface area (Å²) in [6.45, 7) is 6.96. The summed E-state index contributed by atoms with van der Waals surface area (Å²) in [7, 11) is 0. The minimum absolute atomic E-state index is 0.0107. The van der Waals surface area contributed by atoms with Crippen molar-refractivity contribution in [2.75, 3.05) is 0 Å². The Morgan fingerprint density at radius 2 is 1.84 bits per heavy atom. The number of piperidine rings is 1. The Kier molecular flexibility index (Phi) is 8.67. The molecule has 37 heavy (non-hydrogen) atoms. The Morgan fingerprint density at radius 1 is 1.11 bits per heavy atom. The molecule has 1 unspecified atom stereocenters. The Morgan fingerprint density at radius 3 is 2.49 bits per heavy atom. The number of ether oxygens (including phenoxy) is 1. The smallest absolute Gasteiger partial charge is 0.426 e. The van der Waals surface area contributed by atoms with E-state index in [0.29, 0.717) is 12.0 Å². The molecule has 0 radical (unpaired) electrons. The highest BCUT2D eigenvalue weighted by atomic mass is 16.6. The van der Waals surface area contributed by atoms with E-state index >= 15 is 0 Å². The summed E-state index contributed by atoms with van der Waals surface area (Å²) in [6.07, 6.45) is 2.87. The van der Waals surface area contributed by atoms with Crippen LogP contribution in [0.1, 0.15) is 98.9 Å². The molecule has 0 spiro atoms. The van der Waals surface area contributed by atoms with E-state index in [0.717, 1.165) is 29.2 Å². The fourth-order valence-corrected chi connectivity index (χ4v) is 4.33. The third kappa shape index (κ3) is 6.72. The average molecular weight is 515 g/mol. The molecule has 2 aliphatic heterocycles. The summed E-state index contributed by atoms with van der Waals surface area (Å²) < 4.78 is 5.30. The van der Waals surface area contributed by atoms with Crippen LogP contribution in [-0.4, -0.2) is 57.2 Å². The molecule has 2 heterocycles. The van der Waals surface area contributed by atoms with Gasteiger partial charge in [-0.1, -0.05) is 38.3 Å². The Hall–Kier alpha value is -3.76. The SMILES string of the molecule is CCCCCCC(=O)N(Cc1cccc2c1C(=O)N(C1CCC(=O)NC1=O)C2=O)NC(=O)OC(C)(C)C. The molecule has 11 nitrogen and oxygen atoms in total. The number of benzene rings is 1. The van der Waals surface area contributed by atoms with Crippen LogP contribution >= 0.6 is 0 Å². The molecule has 3 rings (SSSR count). The molecule has 1 aromatic rings. The molecule has 1 aromatic carbocycles. The molecule has 0 aromatic heterocycles. The second-order valence-corrected chi connectivity index (χ2v) is 10.2. The van der Waals surface area contributed by atoms with Crippen LogP contribution < -0.4 is 10.7 Å². The number of rotatable bonds is 8. The topological polar surface area (TPSA) is 142 Å². The lowest BCUT2D eigenvalue weighted by Gasteiger charge is -2.28. The van der Waals surface area contributed by atoms with Gasteiger partial charge in [-0.15, -0.1) is 0 Å². The zero-order chi connectivity index (χ0) is 27.3. The minimum Gasteiger partial charge on any atom is -0.443 e. The van der Waals surface area contributed by atoms with Crippen molar-refractivity contribution in [2.24, 2.45) is 0 Å². The molecular weight excluding hydrogens is 480 g/mol. The number of nitrogens with zero attached hydrogens (tertiary/aromatic N) is 2. The monoisotopic (exact) mass is 514 g/mol. The van der Waals surface area contributed by atoms with Gasteiger partial charge in [0.25, 0.3) is 11.8 Å². The van der Waals surface area contributed by atoms with Crippen LogP contribution in [0.15, 0.2) is 18.2 Å². The van der Waals surface area contributed by atoms with E-state index in [1.807, 2.05) is 0 Å². The van der Waals surface area contributed by atoms with E-state index < -0.39 is 41.4 Å². The third-order valence-corrected chi connectivity index (χ3v) is 6.05. The van der Waals surface area contributed by atoms with Crippen LogP contribution in [-0.2, 0) is 25.7 Å². The Labute approximate surface area is 215 Å². The van der Waals surface area contributed by atoms with Gasteiger partial charge < -0.3 is 4.74 Å². The Balaban J connectivity index is 1.86. The number of imide groups is 2. The van der Waals surface area contributed by atoms with Crippen molar-refractivity contribution in [3.63, 3.8) is 0 Å². The maximum Gasteiger partial charge on any atom is 0.426 e. The van der Waals surface area contributed by atoms with Crippen LogP contribution in [0.5, 0.6) is 0 Å². The number of hydrogen-bond donors (Lipinski definition) is 2. The first-order valence-electron chi connectivity index (χ1n) is 12.6. The predicted molar refractivity (Wildman–Crippen MR) is 132 cm³/mol. The number of amides is 6. The van der Waals surface area contributed by atoms with Crippen molar-refractivity contribution < 1.29 is 33.5 Å². The normalized spacial score (nSPS) is 17.4. The molecule has 2 aliphatic rings. The molecule has 6 amide bonds. The van der Waals surface area contributed by atoms with Gasteiger partial charge in [0.05, 0.1) is 17.7 Å². The van der Waals surface area contributed by atoms with Crippen molar-refractivity contribution in [1.82, 2.24) is 20.7 Å². The lowest BCUT2D eigenvalue weighted by atomic mass is 10.0. The molecular formula is C26H34N4O7. The molecule has 0 saturated carbocycles. The molecule has 1 saturated heterocycles. The molecule has 0 aliphatic carbocycles. The van der Waals surface area contributed by atoms with Crippen LogP contribution in [0, 0.1) is 0 Å². The number of hydrazine groups is 1. The first-order valence-corrected chi connectivity index (χ1v) is 12.6. The lowest BCUT2D eigenvalue weighted by molar-refractivity contribution is -0.136. The average Bonchev–Trinajstić information content (AvgIpc) is 3.06. The van der Waals surface area contributed by atoms with Crippen LogP contribution in [0.25, 0.3) is 0 Å². The van der Waals surface area contributed by atoms with Gasteiger partial charge in [0.1, 0.15) is 11.6 Å². The van der Waals surface area contributed by atoms with Crippen molar-refractivity contribution in [2.45, 2.75) is 90.8 Å². The lowest BCUT2D eigenvalue weighted by Crippen LogP contribution is -2.54. The van der Waals surface area contributed by atoms with Gasteiger partial charge in [-0.3, -0.25) is 34.2 Å². The quantitative estimate of drug-likeness (QED) is 0.309. The van der Waals surface area contributed by atoms with Gasteiger partial charge in [-0.25, -0.2) is 15.2 Å². The van der Waals surface area contributed by atoms with Crippen LogP contribution in [0.4, 0.5) is 4.79 Å². The maximum atomic E-state index is 13.4. The van der Waals surface area contributed by atoms with Crippen LogP contribution in [0.3, 0.4) is 0 Å². The van der Waals surface area contributed by atoms with E-state index in [9.17, 15) is 28.8 Å². The molecule has 0 bridgehead atoms. The third-order valence-electron chi connectivity index (χ3n) is 6.05. The van der Waals surface area contributed by atoms with Gasteiger partial charge >= 0.3 is 6.09 Å². The van der Waals surface area contributed by atoms with E-state index in [2.05, 4.69) is 17.7 Å². The van der Waals surface area contributed by atoms with Gasteiger partial charge in [-0.05, 0) is 45.2 Å². The standard InChI is InChI=1S/C26H34N4O7/c1-5-6-7-8-12-20(32)29(28-25(36)37-26(2,3)4)15-16-10-9-11-17-21(16)24(35)30(23(17)34)18-13-14-19(31)27-22(18)33/h9-11,18H,5-8,12-15H2,1-4H3,(H,28,36)(H,27,31,33). The zero-order valence-electron chi connectivity index (χ0n) is 21.7. The Bertz CT molecular complexity index is 1110. The van der Waals surface area contributed by atoms with Gasteiger partial charge in [-0.2, -0.15) is 0 Å². The summed E-state index contributed by atoms with van der Waals surface area (Å²) in [5.74, 6) is -2.85. The van der Waals surface area contributed by atoms with Gasteiger partial charge in [0.15, 0.2) is 0 Å². The first-order chi connectivity index (χ1) is 17.4. The highest BCUT2D eigenvalue weighted by Crippen LogP contribution is 2.30. The van der Waals surface area contributed by atoms with E-state index in [-0.39, 0.29) is 42.8 Å². The number of hydrogen-bond acceptors (Lipinski definition) is 7. The largest absolute Gasteiger partial charge is 0.443 e. The zero-order valence-corrected chi connectivity index (χ0v) is 21.7. The van der Waals surface area contributed by atoms with Gasteiger partial charge in [0.2, 0.25) is 17.7 Å². The predicted octanol–water partition coefficient (Wildman–Crippen LogP) is 2.83. The summed E-state index contributed by atoms with van der Waals surface area (Å²) in [5.41, 5.74) is 2.18. The number of carbonyl (C=O) groups excluding carboxylic acids is 6. The van der Waals surface area contributed by atoms with Crippen LogP contribution in [0.2, 0.25) is 0 Å². The number of carbonyl (C=O) groups is 6. The highest BCUT2D eigenvalue weighted by Gasteiger charge is 2.45. The summed E-state index contributed by atoms with van der Waals surface area (Å²) in [5, 5.41) is 3.27. The molecule has 11 heteroatoms. The summed E-state index contributed by atoms with van der Waals surface area (Å²) >= 11 is 0. The highest BCUT2D eigenvalue weighted by molar-refractivity contribution is 6.24. The number of unbranched alkanes of at least 4 members (excludes halogenated alkanes) is 3. The van der Waals surface area contributed by atoms with E-state index in [1.165, 1.54) is 6.07 Å². The molecule has 200 valence electrons. The minimum atomic E-state index is -1.10. The molecule has 1 fully saturated rings. The fraction of sp³-hybridized carbons (Fsp3) is 0.538. The number of fused-ring (bicyclic) bond motifs is 1. The number of nitrogens with one attached hydrogen (secondary N) is 2.